The molecule has 2 aliphatic rings. The molecule has 2 aromatic heterocycles. The Balaban J connectivity index is 1.61. The minimum Gasteiger partial charge on any atom is -0.457 e. The maximum atomic E-state index is 13.5. The summed E-state index contributed by atoms with van der Waals surface area (Å²) in [6.07, 6.45) is 0.996. The van der Waals surface area contributed by atoms with E-state index in [2.05, 4.69) is 5.32 Å². The number of carbonyl (C=O) groups is 2. The maximum Gasteiger partial charge on any atom is 0.355 e. The summed E-state index contributed by atoms with van der Waals surface area (Å²) in [5.41, 5.74) is 1.88. The van der Waals surface area contributed by atoms with Crippen molar-refractivity contribution in [1.29, 1.82) is 0 Å². The lowest BCUT2D eigenvalue weighted by Gasteiger charge is -2.35. The Bertz CT molecular complexity index is 1380. The van der Waals surface area contributed by atoms with E-state index in [0.717, 1.165) is 22.9 Å². The Labute approximate surface area is 196 Å². The highest BCUT2D eigenvalue weighted by Gasteiger charge is 2.50. The highest BCUT2D eigenvalue weighted by Crippen LogP contribution is 2.40. The van der Waals surface area contributed by atoms with Gasteiger partial charge in [-0.2, -0.15) is 0 Å². The molecule has 0 spiro atoms. The van der Waals surface area contributed by atoms with Crippen LogP contribution in [-0.4, -0.2) is 34.1 Å². The number of nitrogens with zero attached hydrogens (tertiary/aromatic N) is 2. The number of benzene rings is 1. The fraction of sp³-hybridized carbons (Fsp3) is 0.385. The Hall–Kier alpha value is -3.52. The molecule has 4 heterocycles. The fourth-order valence-corrected chi connectivity index (χ4v) is 4.71. The molecule has 3 aromatic rings. The number of hydrogen-bond acceptors (Lipinski definition) is 7. The van der Waals surface area contributed by atoms with Crippen LogP contribution in [-0.2, 0) is 37.8 Å². The normalized spacial score (nSPS) is 19.2. The second-order valence-corrected chi connectivity index (χ2v) is 8.92. The summed E-state index contributed by atoms with van der Waals surface area (Å²) in [6, 6.07) is 11.7. The van der Waals surface area contributed by atoms with E-state index in [9.17, 15) is 14.4 Å². The molecule has 2 atom stereocenters. The number of ether oxygens (including phenoxy) is 2. The van der Waals surface area contributed by atoms with Crippen LogP contribution >= 0.6 is 0 Å². The number of pyridine rings is 2. The summed E-state index contributed by atoms with van der Waals surface area (Å²) >= 11 is 0. The molecule has 0 fully saturated rings. The van der Waals surface area contributed by atoms with Gasteiger partial charge in [0.15, 0.2) is 0 Å². The summed E-state index contributed by atoms with van der Waals surface area (Å²) in [5.74, 6) is -1.23. The van der Waals surface area contributed by atoms with E-state index in [1.54, 1.807) is 17.6 Å². The molecule has 8 nitrogen and oxygen atoms in total. The van der Waals surface area contributed by atoms with Gasteiger partial charge in [-0.05, 0) is 38.0 Å². The van der Waals surface area contributed by atoms with Gasteiger partial charge in [0.2, 0.25) is 5.60 Å². The average Bonchev–Trinajstić information content (AvgIpc) is 3.20. The van der Waals surface area contributed by atoms with E-state index < -0.39 is 17.5 Å². The van der Waals surface area contributed by atoms with Crippen molar-refractivity contribution in [3.63, 3.8) is 0 Å². The van der Waals surface area contributed by atoms with Crippen molar-refractivity contribution < 1.29 is 19.1 Å². The number of carbonyl (C=O) groups excluding carboxylic acids is 2. The van der Waals surface area contributed by atoms with Crippen LogP contribution in [0.15, 0.2) is 41.2 Å². The topological polar surface area (TPSA) is 99.5 Å². The number of esters is 2. The van der Waals surface area contributed by atoms with Crippen molar-refractivity contribution in [2.45, 2.75) is 58.4 Å². The van der Waals surface area contributed by atoms with Crippen molar-refractivity contribution >= 4 is 22.8 Å². The third kappa shape index (κ3) is 3.40. The zero-order valence-corrected chi connectivity index (χ0v) is 19.5. The van der Waals surface area contributed by atoms with Crippen LogP contribution in [0.3, 0.4) is 0 Å². The number of hydrogen-bond donors (Lipinski definition) is 1. The number of para-hydroxylation sites is 1. The largest absolute Gasteiger partial charge is 0.457 e. The van der Waals surface area contributed by atoms with Crippen LogP contribution in [0.4, 0.5) is 0 Å². The Morgan fingerprint density at radius 3 is 2.82 bits per heavy atom. The number of cyclic esters (lactones) is 1. The maximum absolute atomic E-state index is 13.5. The number of fused-ring (bicyclic) bond motifs is 5. The first-order valence-electron chi connectivity index (χ1n) is 11.7. The van der Waals surface area contributed by atoms with Gasteiger partial charge in [-0.25, -0.2) is 9.78 Å². The van der Waals surface area contributed by atoms with E-state index in [1.807, 2.05) is 44.2 Å². The lowest BCUT2D eigenvalue weighted by molar-refractivity contribution is -0.189. The second-order valence-electron chi connectivity index (χ2n) is 8.92. The predicted molar refractivity (Wildman–Crippen MR) is 126 cm³/mol. The molecule has 8 heteroatoms. The van der Waals surface area contributed by atoms with E-state index in [4.69, 9.17) is 14.5 Å². The molecule has 0 saturated carbocycles. The van der Waals surface area contributed by atoms with Gasteiger partial charge in [-0.3, -0.25) is 9.59 Å². The van der Waals surface area contributed by atoms with Gasteiger partial charge in [0.05, 0.1) is 35.6 Å². The molecule has 0 bridgehead atoms. The first kappa shape index (κ1) is 22.3. The van der Waals surface area contributed by atoms with Gasteiger partial charge < -0.3 is 19.4 Å². The van der Waals surface area contributed by atoms with Gasteiger partial charge in [0, 0.05) is 22.6 Å². The molecule has 5 rings (SSSR count). The van der Waals surface area contributed by atoms with Crippen molar-refractivity contribution in [3.8, 4) is 11.4 Å². The molecule has 1 aromatic carbocycles. The zero-order valence-electron chi connectivity index (χ0n) is 19.5. The third-order valence-corrected chi connectivity index (χ3v) is 6.88. The van der Waals surface area contributed by atoms with E-state index in [-0.39, 0.29) is 31.2 Å². The highest BCUT2D eigenvalue weighted by molar-refractivity contribution is 5.88. The molecule has 1 N–H and O–H groups in total. The Morgan fingerprint density at radius 2 is 2.06 bits per heavy atom. The van der Waals surface area contributed by atoms with Gasteiger partial charge in [0.25, 0.3) is 5.56 Å². The van der Waals surface area contributed by atoms with Gasteiger partial charge in [-0.1, -0.05) is 32.0 Å². The molecular formula is C26H27N3O5. The molecule has 0 aliphatic carbocycles. The Kier molecular flexibility index (Phi) is 5.48. The van der Waals surface area contributed by atoms with Gasteiger partial charge in [0.1, 0.15) is 6.61 Å². The molecule has 176 valence electrons. The number of rotatable bonds is 6. The van der Waals surface area contributed by atoms with Crippen molar-refractivity contribution in [2.24, 2.45) is 0 Å². The minimum atomic E-state index is -1.67. The van der Waals surface area contributed by atoms with Gasteiger partial charge in [-0.15, -0.1) is 0 Å². The SMILES string of the molecule is CCC(C)NCC(=O)O[C@]1(CC)C(=O)OCc2c1cc1n(c2=O)Cc2cc3ccccc3nc2-1. The summed E-state index contributed by atoms with van der Waals surface area (Å²) < 4.78 is 12.8. The van der Waals surface area contributed by atoms with Crippen LogP contribution < -0.4 is 10.9 Å². The molecule has 0 amide bonds. The quantitative estimate of drug-likeness (QED) is 0.441. The lowest BCUT2D eigenvalue weighted by Crippen LogP contribution is -2.48. The zero-order chi connectivity index (χ0) is 24.0. The minimum absolute atomic E-state index is 0.0420. The van der Waals surface area contributed by atoms with Crippen LogP contribution in [0.5, 0.6) is 0 Å². The lowest BCUT2D eigenvalue weighted by atomic mass is 9.85. The molecular weight excluding hydrogens is 434 g/mol. The molecule has 2 aliphatic heterocycles. The Morgan fingerprint density at radius 1 is 1.26 bits per heavy atom. The van der Waals surface area contributed by atoms with Crippen molar-refractivity contribution in [2.75, 3.05) is 6.54 Å². The second kappa shape index (κ2) is 8.36. The van der Waals surface area contributed by atoms with Crippen molar-refractivity contribution in [1.82, 2.24) is 14.9 Å². The number of aromatic nitrogens is 2. The van der Waals surface area contributed by atoms with Crippen LogP contribution in [0.1, 0.15) is 50.3 Å². The molecule has 34 heavy (non-hydrogen) atoms. The summed E-state index contributed by atoms with van der Waals surface area (Å²) in [7, 11) is 0. The first-order valence-corrected chi connectivity index (χ1v) is 11.7. The summed E-state index contributed by atoms with van der Waals surface area (Å²) in [5, 5.41) is 4.08. The van der Waals surface area contributed by atoms with E-state index >= 15 is 0 Å². The summed E-state index contributed by atoms with van der Waals surface area (Å²) in [4.78, 5) is 44.1. The molecule has 0 radical (unpaired) electrons. The third-order valence-electron chi connectivity index (χ3n) is 6.88. The molecule has 1 unspecified atom stereocenters. The number of nitrogens with one attached hydrogen (secondary N) is 1. The highest BCUT2D eigenvalue weighted by atomic mass is 16.6. The average molecular weight is 462 g/mol. The van der Waals surface area contributed by atoms with Crippen LogP contribution in [0.2, 0.25) is 0 Å². The standard InChI is InChI=1S/C26H27N3O5/c1-4-15(3)27-12-22(30)34-26(5-2)19-11-21-23-17(10-16-8-6-7-9-20(16)28-23)13-29(21)24(31)18(19)14-33-25(26)32/h6-11,15,27H,4-5,12-14H2,1-3H3/t15?,26-/m0/s1. The van der Waals surface area contributed by atoms with E-state index in [0.29, 0.717) is 29.1 Å². The van der Waals surface area contributed by atoms with E-state index in [1.165, 1.54) is 0 Å². The monoisotopic (exact) mass is 461 g/mol. The van der Waals surface area contributed by atoms with Crippen LogP contribution in [0.25, 0.3) is 22.3 Å². The van der Waals surface area contributed by atoms with Crippen molar-refractivity contribution in [3.05, 3.63) is 63.4 Å². The fourth-order valence-electron chi connectivity index (χ4n) is 4.71. The first-order chi connectivity index (χ1) is 16.4. The summed E-state index contributed by atoms with van der Waals surface area (Å²) in [6.45, 7) is 5.92. The van der Waals surface area contributed by atoms with Gasteiger partial charge >= 0.3 is 11.9 Å². The molecule has 0 saturated heterocycles. The smallest absolute Gasteiger partial charge is 0.355 e. The predicted octanol–water partition coefficient (Wildman–Crippen LogP) is 3.02. The van der Waals surface area contributed by atoms with Crippen LogP contribution in [0, 0.1) is 0 Å².